The van der Waals surface area contributed by atoms with E-state index in [2.05, 4.69) is 11.5 Å². The van der Waals surface area contributed by atoms with Gasteiger partial charge < -0.3 is 30.9 Å². The number of ketones is 1. The van der Waals surface area contributed by atoms with Gasteiger partial charge in [0, 0.05) is 47.9 Å². The van der Waals surface area contributed by atoms with Gasteiger partial charge in [-0.3, -0.25) is 19.4 Å². The second-order valence-corrected chi connectivity index (χ2v) is 11.6. The molecule has 1 aromatic rings. The van der Waals surface area contributed by atoms with Crippen LogP contribution >= 0.6 is 0 Å². The third-order valence-corrected chi connectivity index (χ3v) is 9.15. The molecule has 2 fully saturated rings. The van der Waals surface area contributed by atoms with E-state index in [4.69, 9.17) is 10.5 Å². The molecule has 0 radical (unpaired) electrons. The van der Waals surface area contributed by atoms with Crippen molar-refractivity contribution in [1.82, 2.24) is 9.80 Å². The summed E-state index contributed by atoms with van der Waals surface area (Å²) in [4.78, 5) is 29.9. The summed E-state index contributed by atoms with van der Waals surface area (Å²) in [5, 5.41) is 45.1. The zero-order valence-electron chi connectivity index (χ0n) is 22.9. The molecule has 0 bridgehead atoms. The summed E-state index contributed by atoms with van der Waals surface area (Å²) >= 11 is 0. The number of aliphatic hydroxyl groups is 3. The number of aliphatic hydroxyl groups excluding tert-OH is 2. The summed E-state index contributed by atoms with van der Waals surface area (Å²) < 4.78 is 21.3. The summed E-state index contributed by atoms with van der Waals surface area (Å²) in [6, 6.07) is 0.431. The molecular weight excluding hydrogens is 521 g/mol. The van der Waals surface area contributed by atoms with Crippen LogP contribution in [0.25, 0.3) is 5.76 Å². The fourth-order valence-electron chi connectivity index (χ4n) is 7.34. The van der Waals surface area contributed by atoms with Crippen LogP contribution in [0.5, 0.6) is 5.75 Å². The van der Waals surface area contributed by atoms with E-state index in [9.17, 15) is 30.0 Å². The maximum Gasteiger partial charge on any atom is 0.252 e. The van der Waals surface area contributed by atoms with Gasteiger partial charge in [-0.05, 0) is 58.3 Å². The Hall–Kier alpha value is -3.25. The topological polar surface area (TPSA) is 157 Å². The lowest BCUT2D eigenvalue weighted by atomic mass is 9.56. The van der Waals surface area contributed by atoms with Gasteiger partial charge in [0.25, 0.3) is 5.91 Å². The van der Waals surface area contributed by atoms with Gasteiger partial charge in [0.2, 0.25) is 0 Å². The standard InChI is InChI=1S/C29H36FN3O7/c1-13-20(28(31)38)26(36)24(32(2)3)18-9-14-8-17-22(25(35)21(14)27(37)29(13,18)39)19(34)10-15(23(17)30)11-33-7-5-6-16(33)12-40-4/h10,14,16,18,24,34-36,39H,1,5-9,11-12H2,2-4H3,(H2,31,38)/t14-,16+,18-,24-,29-/m0/s1. The van der Waals surface area contributed by atoms with Crippen LogP contribution in [0.1, 0.15) is 36.0 Å². The summed E-state index contributed by atoms with van der Waals surface area (Å²) in [5.74, 6) is -5.61. The minimum Gasteiger partial charge on any atom is -0.510 e. The molecule has 5 atom stereocenters. The van der Waals surface area contributed by atoms with E-state index in [1.54, 1.807) is 26.1 Å². The van der Waals surface area contributed by atoms with Crippen LogP contribution in [0, 0.1) is 17.7 Å². The lowest BCUT2D eigenvalue weighted by Crippen LogP contribution is -2.63. The summed E-state index contributed by atoms with van der Waals surface area (Å²) in [5.41, 5.74) is 2.36. The second-order valence-electron chi connectivity index (χ2n) is 11.6. The van der Waals surface area contributed by atoms with Crippen molar-refractivity contribution < 1.29 is 39.1 Å². The van der Waals surface area contributed by atoms with Crippen molar-refractivity contribution in [3.05, 3.63) is 57.6 Å². The Bertz CT molecular complexity index is 1370. The number of hydrogen-bond donors (Lipinski definition) is 5. The number of primary amides is 1. The predicted octanol–water partition coefficient (Wildman–Crippen LogP) is 1.70. The van der Waals surface area contributed by atoms with E-state index in [0.717, 1.165) is 19.4 Å². The van der Waals surface area contributed by atoms with Crippen molar-refractivity contribution >= 4 is 17.4 Å². The lowest BCUT2D eigenvalue weighted by molar-refractivity contribution is -0.143. The molecule has 0 aromatic heterocycles. The summed E-state index contributed by atoms with van der Waals surface area (Å²) in [7, 11) is 4.86. The fourth-order valence-corrected chi connectivity index (χ4v) is 7.34. The van der Waals surface area contributed by atoms with Crippen LogP contribution in [-0.2, 0) is 27.3 Å². The number of carbonyl (C=O) groups excluding carboxylic acids is 2. The van der Waals surface area contributed by atoms with E-state index < -0.39 is 58.1 Å². The number of likely N-dealkylation sites (tertiary alicyclic amines) is 1. The number of benzene rings is 1. The minimum atomic E-state index is -2.36. The van der Waals surface area contributed by atoms with Gasteiger partial charge in [-0.2, -0.15) is 0 Å². The molecule has 4 aliphatic rings. The number of Topliss-reactive ketones (excluding diaryl/α,β-unsaturated/α-hetero) is 1. The number of ether oxygens (including phenoxy) is 1. The molecule has 1 saturated heterocycles. The molecule has 0 unspecified atom stereocenters. The van der Waals surface area contributed by atoms with Gasteiger partial charge in [-0.15, -0.1) is 0 Å². The third kappa shape index (κ3) is 3.98. The van der Waals surface area contributed by atoms with Crippen molar-refractivity contribution in [1.29, 1.82) is 0 Å². The predicted molar refractivity (Wildman–Crippen MR) is 144 cm³/mol. The van der Waals surface area contributed by atoms with E-state index in [1.165, 1.54) is 6.07 Å². The number of hydrogen-bond acceptors (Lipinski definition) is 9. The number of amides is 1. The molecular formula is C29H36FN3O7. The van der Waals surface area contributed by atoms with E-state index in [1.807, 2.05) is 0 Å². The Morgan fingerprint density at radius 3 is 2.65 bits per heavy atom. The van der Waals surface area contributed by atoms with Crippen molar-refractivity contribution in [3.63, 3.8) is 0 Å². The van der Waals surface area contributed by atoms with Gasteiger partial charge >= 0.3 is 0 Å². The average Bonchev–Trinajstić information content (AvgIpc) is 3.30. The number of halogens is 1. The van der Waals surface area contributed by atoms with Crippen LogP contribution in [-0.4, -0.2) is 94.0 Å². The van der Waals surface area contributed by atoms with E-state index >= 15 is 4.39 Å². The Morgan fingerprint density at radius 1 is 1.32 bits per heavy atom. The van der Waals surface area contributed by atoms with Gasteiger partial charge in [-0.25, -0.2) is 4.39 Å². The highest BCUT2D eigenvalue weighted by Crippen LogP contribution is 2.54. The highest BCUT2D eigenvalue weighted by molar-refractivity contribution is 6.13. The largest absolute Gasteiger partial charge is 0.510 e. The monoisotopic (exact) mass is 557 g/mol. The van der Waals surface area contributed by atoms with Gasteiger partial charge in [0.05, 0.1) is 23.8 Å². The molecule has 216 valence electrons. The Labute approximate surface area is 231 Å². The van der Waals surface area contributed by atoms with Gasteiger partial charge in [0.1, 0.15) is 23.1 Å². The zero-order chi connectivity index (χ0) is 29.3. The maximum absolute atomic E-state index is 16.0. The zero-order valence-corrected chi connectivity index (χ0v) is 22.9. The lowest BCUT2D eigenvalue weighted by Gasteiger charge is -2.52. The van der Waals surface area contributed by atoms with Crippen LogP contribution in [0.15, 0.2) is 35.1 Å². The first-order valence-corrected chi connectivity index (χ1v) is 13.4. The molecule has 10 nitrogen and oxygen atoms in total. The first-order valence-electron chi connectivity index (χ1n) is 13.4. The van der Waals surface area contributed by atoms with Crippen LogP contribution in [0.4, 0.5) is 4.39 Å². The average molecular weight is 558 g/mol. The molecule has 1 aliphatic heterocycles. The maximum atomic E-state index is 16.0. The minimum absolute atomic E-state index is 0.0123. The molecule has 3 aliphatic carbocycles. The fraction of sp³-hybridized carbons (Fsp3) is 0.517. The van der Waals surface area contributed by atoms with Crippen molar-refractivity contribution in [2.75, 3.05) is 34.4 Å². The number of phenolic OH excluding ortho intramolecular Hbond substituents is 1. The number of rotatable bonds is 6. The SMILES string of the molecule is C=C1C(C(N)=O)=C(O)[C@@H](N(C)C)[C@@H]2C[C@@H]3Cc4c(F)c(CN5CCC[C@@H]5COC)cc(O)c4C(O)=C3C(=O)[C@]12O. The Balaban J connectivity index is 1.60. The van der Waals surface area contributed by atoms with Gasteiger partial charge in [-0.1, -0.05) is 6.58 Å². The summed E-state index contributed by atoms with van der Waals surface area (Å²) in [6.07, 6.45) is 1.92. The molecule has 0 spiro atoms. The number of likely N-dealkylation sites (N-methyl/N-ethyl adjacent to an activating group) is 1. The summed E-state index contributed by atoms with van der Waals surface area (Å²) in [6.45, 7) is 5.27. The first kappa shape index (κ1) is 28.3. The van der Waals surface area contributed by atoms with E-state index in [-0.39, 0.29) is 59.0 Å². The molecule has 6 N–H and O–H groups in total. The number of methoxy groups -OCH3 is 1. The number of aromatic hydroxyl groups is 1. The quantitative estimate of drug-likeness (QED) is 0.351. The smallest absolute Gasteiger partial charge is 0.252 e. The normalized spacial score (nSPS) is 30.6. The Morgan fingerprint density at radius 2 is 2.02 bits per heavy atom. The molecule has 11 heteroatoms. The number of nitrogens with two attached hydrogens (primary N) is 1. The molecule has 1 saturated carbocycles. The number of phenols is 1. The molecule has 40 heavy (non-hydrogen) atoms. The highest BCUT2D eigenvalue weighted by atomic mass is 19.1. The number of nitrogens with zero attached hydrogens (tertiary/aromatic N) is 2. The second kappa shape index (κ2) is 9.99. The molecule has 1 amide bonds. The molecule has 1 aromatic carbocycles. The van der Waals surface area contributed by atoms with Gasteiger partial charge in [0.15, 0.2) is 11.4 Å². The number of fused-ring (bicyclic) bond motifs is 3. The molecule has 5 rings (SSSR count). The van der Waals surface area contributed by atoms with Crippen molar-refractivity contribution in [3.8, 4) is 5.75 Å². The molecule has 1 heterocycles. The first-order chi connectivity index (χ1) is 18.8. The Kier molecular flexibility index (Phi) is 7.06. The van der Waals surface area contributed by atoms with E-state index in [0.29, 0.717) is 6.61 Å². The third-order valence-electron chi connectivity index (χ3n) is 9.15. The number of carbonyl (C=O) groups is 2. The van der Waals surface area contributed by atoms with Crippen molar-refractivity contribution in [2.24, 2.45) is 17.6 Å². The van der Waals surface area contributed by atoms with Crippen molar-refractivity contribution in [2.45, 2.75) is 49.9 Å². The highest BCUT2D eigenvalue weighted by Gasteiger charge is 2.62. The van der Waals surface area contributed by atoms with Crippen LogP contribution in [0.2, 0.25) is 0 Å². The van der Waals surface area contributed by atoms with Crippen LogP contribution in [0.3, 0.4) is 0 Å². The van der Waals surface area contributed by atoms with Crippen LogP contribution < -0.4 is 5.73 Å².